The van der Waals surface area contributed by atoms with E-state index in [2.05, 4.69) is 49.1 Å². The SMILES string of the molecule is CC(C)N1CC[C@H](NC(=O)c2cnc(N[C@@H](C)COC(F)F)nc2/N=C\C2CCC(O)CC2)C1. The first kappa shape index (κ1) is 26.4. The molecule has 11 heteroatoms. The summed E-state index contributed by atoms with van der Waals surface area (Å²) in [6, 6.07) is -0.0115. The number of halogens is 2. The summed E-state index contributed by atoms with van der Waals surface area (Å²) < 4.78 is 29.0. The Morgan fingerprint density at radius 3 is 2.68 bits per heavy atom. The third-order valence-corrected chi connectivity index (χ3v) is 6.30. The third-order valence-electron chi connectivity index (χ3n) is 6.30. The monoisotopic (exact) mass is 482 g/mol. The van der Waals surface area contributed by atoms with Crippen molar-refractivity contribution in [2.75, 3.05) is 25.0 Å². The van der Waals surface area contributed by atoms with Crippen LogP contribution in [-0.2, 0) is 4.74 Å². The number of amides is 1. The van der Waals surface area contributed by atoms with Crippen molar-refractivity contribution in [3.63, 3.8) is 0 Å². The van der Waals surface area contributed by atoms with Crippen LogP contribution in [0.15, 0.2) is 11.2 Å². The number of hydrogen-bond donors (Lipinski definition) is 3. The molecule has 2 atom stereocenters. The first-order chi connectivity index (χ1) is 16.2. The molecule has 9 nitrogen and oxygen atoms in total. The lowest BCUT2D eigenvalue weighted by Crippen LogP contribution is -2.38. The van der Waals surface area contributed by atoms with Gasteiger partial charge in [0, 0.05) is 43.6 Å². The second kappa shape index (κ2) is 12.5. The quantitative estimate of drug-likeness (QED) is 0.440. The van der Waals surface area contributed by atoms with Crippen LogP contribution in [0.1, 0.15) is 63.2 Å². The molecule has 34 heavy (non-hydrogen) atoms. The van der Waals surface area contributed by atoms with E-state index in [1.807, 2.05) is 0 Å². The Morgan fingerprint density at radius 1 is 1.29 bits per heavy atom. The summed E-state index contributed by atoms with van der Waals surface area (Å²) in [5.41, 5.74) is 0.261. The predicted molar refractivity (Wildman–Crippen MR) is 126 cm³/mol. The van der Waals surface area contributed by atoms with Crippen LogP contribution in [0.5, 0.6) is 0 Å². The molecule has 190 valence electrons. The van der Waals surface area contributed by atoms with Gasteiger partial charge in [-0.05, 0) is 58.8 Å². The lowest BCUT2D eigenvalue weighted by Gasteiger charge is -2.22. The minimum Gasteiger partial charge on any atom is -0.393 e. The topological polar surface area (TPSA) is 112 Å². The van der Waals surface area contributed by atoms with Gasteiger partial charge in [-0.2, -0.15) is 13.8 Å². The molecule has 0 aromatic carbocycles. The molecule has 1 saturated heterocycles. The van der Waals surface area contributed by atoms with Gasteiger partial charge in [-0.3, -0.25) is 9.69 Å². The third kappa shape index (κ3) is 7.92. The van der Waals surface area contributed by atoms with Crippen molar-refractivity contribution in [2.45, 2.75) is 83.7 Å². The minimum absolute atomic E-state index is 0.0379. The molecule has 2 aliphatic rings. The fourth-order valence-electron chi connectivity index (χ4n) is 4.24. The highest BCUT2D eigenvalue weighted by atomic mass is 19.3. The van der Waals surface area contributed by atoms with Gasteiger partial charge in [0.15, 0.2) is 5.82 Å². The van der Waals surface area contributed by atoms with Gasteiger partial charge in [-0.15, -0.1) is 0 Å². The zero-order valence-electron chi connectivity index (χ0n) is 20.1. The Kier molecular flexibility index (Phi) is 9.66. The number of ether oxygens (including phenoxy) is 1. The molecule has 1 aliphatic heterocycles. The van der Waals surface area contributed by atoms with Gasteiger partial charge in [0.25, 0.3) is 5.91 Å². The number of aliphatic hydroxyl groups excluding tert-OH is 1. The van der Waals surface area contributed by atoms with E-state index < -0.39 is 12.7 Å². The van der Waals surface area contributed by atoms with E-state index in [9.17, 15) is 18.7 Å². The normalized spacial score (nSPS) is 24.8. The van der Waals surface area contributed by atoms with E-state index >= 15 is 0 Å². The first-order valence-electron chi connectivity index (χ1n) is 12.0. The summed E-state index contributed by atoms with van der Waals surface area (Å²) in [6.07, 6.45) is 6.87. The maximum Gasteiger partial charge on any atom is 0.345 e. The highest BCUT2D eigenvalue weighted by Crippen LogP contribution is 2.25. The molecule has 1 aromatic heterocycles. The Hall–Kier alpha value is -2.24. The van der Waals surface area contributed by atoms with Crippen LogP contribution < -0.4 is 10.6 Å². The Bertz CT molecular complexity index is 833. The summed E-state index contributed by atoms with van der Waals surface area (Å²) in [6.45, 7) is 4.58. The van der Waals surface area contributed by atoms with Crippen LogP contribution in [0, 0.1) is 5.92 Å². The van der Waals surface area contributed by atoms with E-state index in [0.717, 1.165) is 45.2 Å². The molecular weight excluding hydrogens is 446 g/mol. The minimum atomic E-state index is -2.85. The molecule has 0 radical (unpaired) electrons. The Morgan fingerprint density at radius 2 is 2.03 bits per heavy atom. The van der Waals surface area contributed by atoms with Crippen LogP contribution in [0.3, 0.4) is 0 Å². The number of carbonyl (C=O) groups excluding carboxylic acids is 1. The summed E-state index contributed by atoms with van der Waals surface area (Å²) in [5.74, 6) is 0.308. The summed E-state index contributed by atoms with van der Waals surface area (Å²) >= 11 is 0. The van der Waals surface area contributed by atoms with Crippen LogP contribution in [0.4, 0.5) is 20.5 Å². The van der Waals surface area contributed by atoms with Gasteiger partial charge in [-0.25, -0.2) is 9.98 Å². The second-order valence-electron chi connectivity index (χ2n) is 9.46. The summed E-state index contributed by atoms with van der Waals surface area (Å²) in [7, 11) is 0. The maximum atomic E-state index is 13.1. The van der Waals surface area contributed by atoms with Crippen LogP contribution in [0.25, 0.3) is 0 Å². The number of nitrogens with zero attached hydrogens (tertiary/aromatic N) is 4. The van der Waals surface area contributed by atoms with Gasteiger partial charge in [-0.1, -0.05) is 0 Å². The molecule has 2 fully saturated rings. The predicted octanol–water partition coefficient (Wildman–Crippen LogP) is 2.98. The zero-order chi connectivity index (χ0) is 24.7. The Labute approximate surface area is 199 Å². The molecule has 1 amide bonds. The number of aliphatic hydroxyl groups is 1. The van der Waals surface area contributed by atoms with E-state index in [4.69, 9.17) is 0 Å². The molecule has 1 aliphatic carbocycles. The Balaban J connectivity index is 1.73. The number of nitrogens with one attached hydrogen (secondary N) is 2. The number of hydrogen-bond acceptors (Lipinski definition) is 8. The van der Waals surface area contributed by atoms with Crippen molar-refractivity contribution in [3.05, 3.63) is 11.8 Å². The van der Waals surface area contributed by atoms with Gasteiger partial charge < -0.3 is 20.5 Å². The number of rotatable bonds is 10. The fourth-order valence-corrected chi connectivity index (χ4v) is 4.24. The number of aromatic nitrogens is 2. The van der Waals surface area contributed by atoms with Crippen molar-refractivity contribution < 1.29 is 23.4 Å². The average Bonchev–Trinajstić information content (AvgIpc) is 3.26. The molecule has 0 bridgehead atoms. The van der Waals surface area contributed by atoms with Crippen molar-refractivity contribution in [1.29, 1.82) is 0 Å². The maximum absolute atomic E-state index is 13.1. The first-order valence-corrected chi connectivity index (χ1v) is 12.0. The van der Waals surface area contributed by atoms with E-state index in [0.29, 0.717) is 6.04 Å². The van der Waals surface area contributed by atoms with Crippen molar-refractivity contribution >= 4 is 23.9 Å². The molecule has 1 aromatic rings. The lowest BCUT2D eigenvalue weighted by atomic mass is 9.88. The van der Waals surface area contributed by atoms with Gasteiger partial charge in [0.05, 0.1) is 12.7 Å². The van der Waals surface area contributed by atoms with Crippen molar-refractivity contribution in [1.82, 2.24) is 20.2 Å². The number of aliphatic imine (C=N–C) groups is 1. The molecule has 3 N–H and O–H groups in total. The number of likely N-dealkylation sites (tertiary alicyclic amines) is 1. The van der Waals surface area contributed by atoms with E-state index in [1.54, 1.807) is 13.1 Å². The number of alkyl halides is 2. The van der Waals surface area contributed by atoms with Crippen LogP contribution in [-0.4, -0.2) is 82.6 Å². The van der Waals surface area contributed by atoms with Gasteiger partial charge in [0.1, 0.15) is 5.56 Å². The smallest absolute Gasteiger partial charge is 0.345 e. The molecule has 1 saturated carbocycles. The van der Waals surface area contributed by atoms with Gasteiger partial charge >= 0.3 is 6.61 Å². The van der Waals surface area contributed by atoms with Crippen molar-refractivity contribution in [3.8, 4) is 0 Å². The summed E-state index contributed by atoms with van der Waals surface area (Å²) in [4.78, 5) is 28.5. The van der Waals surface area contributed by atoms with E-state index in [1.165, 1.54) is 6.20 Å². The van der Waals surface area contributed by atoms with Crippen molar-refractivity contribution in [2.24, 2.45) is 10.9 Å². The number of carbonyl (C=O) groups is 1. The summed E-state index contributed by atoms with van der Waals surface area (Å²) in [5, 5.41) is 15.7. The molecule has 0 unspecified atom stereocenters. The van der Waals surface area contributed by atoms with E-state index in [-0.39, 0.29) is 47.9 Å². The highest BCUT2D eigenvalue weighted by molar-refractivity contribution is 5.98. The van der Waals surface area contributed by atoms with Crippen LogP contribution in [0.2, 0.25) is 0 Å². The molecular formula is C23H36F2N6O3. The molecule has 2 heterocycles. The average molecular weight is 483 g/mol. The molecule has 0 spiro atoms. The number of anilines is 1. The zero-order valence-corrected chi connectivity index (χ0v) is 20.1. The van der Waals surface area contributed by atoms with Gasteiger partial charge in [0.2, 0.25) is 5.95 Å². The standard InChI is InChI=1S/C23H36F2N6O3/c1-14(2)31-9-8-17(12-31)29-21(33)19-11-27-23(28-15(3)13-34-22(24)25)30-20(19)26-10-16-4-6-18(32)7-5-16/h10-11,14-18,22,32H,4-9,12-13H2,1-3H3,(H,29,33)(H,27,28,30)/b26-10-/t15-,16?,17-,18?/m0/s1. The van der Waals surface area contributed by atoms with Crippen LogP contribution >= 0.6 is 0 Å². The molecule has 3 rings (SSSR count). The lowest BCUT2D eigenvalue weighted by molar-refractivity contribution is -0.130. The fraction of sp³-hybridized carbons (Fsp3) is 0.739. The largest absolute Gasteiger partial charge is 0.393 e. The second-order valence-corrected chi connectivity index (χ2v) is 9.46. The highest BCUT2D eigenvalue weighted by Gasteiger charge is 2.27.